The maximum absolute atomic E-state index is 4.53. The molecule has 0 saturated carbocycles. The number of anilines is 1. The van der Waals surface area contributed by atoms with Crippen molar-refractivity contribution in [1.29, 1.82) is 0 Å². The third kappa shape index (κ3) is 5.10. The first-order valence-corrected chi connectivity index (χ1v) is 20.5. The molecule has 0 amide bonds. The molecule has 58 heavy (non-hydrogen) atoms. The van der Waals surface area contributed by atoms with E-state index in [9.17, 15) is 0 Å². The van der Waals surface area contributed by atoms with E-state index in [2.05, 4.69) is 223 Å². The van der Waals surface area contributed by atoms with Gasteiger partial charge in [-0.2, -0.15) is 0 Å². The van der Waals surface area contributed by atoms with Gasteiger partial charge in [0.2, 0.25) is 0 Å². The quantitative estimate of drug-likeness (QED) is 0.174. The Balaban J connectivity index is 1.24. The zero-order valence-corrected chi connectivity index (χ0v) is 32.7. The van der Waals surface area contributed by atoms with Crippen molar-refractivity contribution in [2.24, 2.45) is 0 Å². The van der Waals surface area contributed by atoms with Gasteiger partial charge in [-0.05, 0) is 93.1 Å². The molecule has 0 bridgehead atoms. The summed E-state index contributed by atoms with van der Waals surface area (Å²) in [6.07, 6.45) is 12.9. The number of rotatable bonds is 4. The van der Waals surface area contributed by atoms with E-state index in [1.807, 2.05) is 17.4 Å². The fourth-order valence-electron chi connectivity index (χ4n) is 9.39. The van der Waals surface area contributed by atoms with Crippen LogP contribution in [0.25, 0.3) is 60.2 Å². The Morgan fingerprint density at radius 2 is 1.17 bits per heavy atom. The zero-order valence-electron chi connectivity index (χ0n) is 31.8. The van der Waals surface area contributed by atoms with Gasteiger partial charge in [-0.25, -0.2) is 0 Å². The highest BCUT2D eigenvalue weighted by Crippen LogP contribution is 2.56. The third-order valence-electron chi connectivity index (χ3n) is 11.9. The van der Waals surface area contributed by atoms with Crippen molar-refractivity contribution in [3.05, 3.63) is 251 Å². The maximum atomic E-state index is 4.53. The van der Waals surface area contributed by atoms with Gasteiger partial charge < -0.3 is 9.47 Å². The highest BCUT2D eigenvalue weighted by molar-refractivity contribution is 7.26. The molecule has 3 heteroatoms. The first-order chi connectivity index (χ1) is 28.6. The van der Waals surface area contributed by atoms with Gasteiger partial charge >= 0.3 is 0 Å². The highest BCUT2D eigenvalue weighted by atomic mass is 32.1. The van der Waals surface area contributed by atoms with Gasteiger partial charge in [0.25, 0.3) is 0 Å². The molecule has 0 atom stereocenters. The van der Waals surface area contributed by atoms with Gasteiger partial charge in [-0.15, -0.1) is 11.3 Å². The molecule has 11 rings (SSSR count). The highest BCUT2D eigenvalue weighted by Gasteiger charge is 2.46. The normalized spacial score (nSPS) is 16.8. The molecule has 3 heterocycles. The maximum Gasteiger partial charge on any atom is 0.0714 e. The second-order valence-electron chi connectivity index (χ2n) is 15.1. The van der Waals surface area contributed by atoms with Crippen LogP contribution < -0.4 is 15.5 Å². The summed E-state index contributed by atoms with van der Waals surface area (Å²) in [6, 6.07) is 62.1. The predicted molar refractivity (Wildman–Crippen MR) is 247 cm³/mol. The molecule has 274 valence electrons. The molecule has 0 radical (unpaired) electrons. The molecule has 9 aromatic rings. The van der Waals surface area contributed by atoms with Crippen LogP contribution in [0.5, 0.6) is 0 Å². The van der Waals surface area contributed by atoms with Gasteiger partial charge in [-0.1, -0.05) is 159 Å². The number of allylic oxidation sites excluding steroid dienone is 5. The summed E-state index contributed by atoms with van der Waals surface area (Å²) in [5, 5.41) is 5.86. The van der Waals surface area contributed by atoms with Crippen molar-refractivity contribution >= 4 is 60.4 Å². The largest absolute Gasteiger partial charge is 0.322 e. The second-order valence-corrected chi connectivity index (χ2v) is 16.2. The number of nitrogens with zero attached hydrogens (tertiary/aromatic N) is 2. The SMILES string of the molecule is C=C1/C=C\C=C/N(c2cccc(C3(c4ccccc4)c4ccccc4-c4ccccc43)c2)/C=c2\c(c3ccc4sc5ccccc5c4c3n2-c2ccccc2)=C/C1=C. The van der Waals surface area contributed by atoms with Crippen LogP contribution in [0.3, 0.4) is 0 Å². The molecule has 7 aromatic carbocycles. The van der Waals surface area contributed by atoms with Crippen molar-refractivity contribution in [3.8, 4) is 16.8 Å². The van der Waals surface area contributed by atoms with E-state index in [0.29, 0.717) is 0 Å². The number of para-hydroxylation sites is 1. The zero-order chi connectivity index (χ0) is 38.8. The van der Waals surface area contributed by atoms with Crippen LogP contribution in [0.1, 0.15) is 22.3 Å². The summed E-state index contributed by atoms with van der Waals surface area (Å²) < 4.78 is 4.99. The van der Waals surface area contributed by atoms with Gasteiger partial charge in [0.15, 0.2) is 0 Å². The summed E-state index contributed by atoms with van der Waals surface area (Å²) in [5.41, 5.74) is 12.2. The van der Waals surface area contributed by atoms with Crippen LogP contribution >= 0.6 is 11.3 Å². The van der Waals surface area contributed by atoms with E-state index in [0.717, 1.165) is 33.1 Å². The van der Waals surface area contributed by atoms with E-state index in [1.165, 1.54) is 64.5 Å². The van der Waals surface area contributed by atoms with E-state index >= 15 is 0 Å². The Labute approximate surface area is 341 Å². The van der Waals surface area contributed by atoms with E-state index < -0.39 is 5.41 Å². The first-order valence-electron chi connectivity index (χ1n) is 19.7. The fraction of sp³-hybridized carbons (Fsp3) is 0.0182. The van der Waals surface area contributed by atoms with Crippen LogP contribution in [0.2, 0.25) is 0 Å². The topological polar surface area (TPSA) is 8.17 Å². The number of benzene rings is 7. The standard InChI is InChI=1S/C55H38N2S/c1-37-18-15-16-33-56(42-24-17-21-40(35-42)55(39-19-5-3-6-20-39)48-28-12-9-25-43(48)44-26-10-13-29-49(44)55)36-50-47(34-38(37)2)45-31-32-52-53(46-27-11-14-30-51(46)58-52)54(45)57(50)41-22-7-4-8-23-41/h3-36H,1-2H2/b18-15-,33-16-,47-34-,50-36+. The summed E-state index contributed by atoms with van der Waals surface area (Å²) in [5.74, 6) is 0. The Kier molecular flexibility index (Phi) is 7.92. The Bertz CT molecular complexity index is 3280. The summed E-state index contributed by atoms with van der Waals surface area (Å²) in [6.45, 7) is 8.96. The summed E-state index contributed by atoms with van der Waals surface area (Å²) >= 11 is 1.85. The van der Waals surface area contributed by atoms with Crippen molar-refractivity contribution in [2.45, 2.75) is 5.41 Å². The molecule has 2 nitrogen and oxygen atoms in total. The Morgan fingerprint density at radius 1 is 0.517 bits per heavy atom. The Morgan fingerprint density at radius 3 is 1.95 bits per heavy atom. The fourth-order valence-corrected chi connectivity index (χ4v) is 10.5. The molecule has 2 aliphatic rings. The second kappa shape index (κ2) is 13.5. The molecule has 0 N–H and O–H groups in total. The van der Waals surface area contributed by atoms with E-state index in [1.54, 1.807) is 0 Å². The third-order valence-corrected chi connectivity index (χ3v) is 13.1. The molecule has 0 saturated heterocycles. The van der Waals surface area contributed by atoms with Gasteiger partial charge in [0.05, 0.1) is 16.3 Å². The molecule has 0 fully saturated rings. The lowest BCUT2D eigenvalue weighted by atomic mass is 9.67. The number of thiophene rings is 1. The summed E-state index contributed by atoms with van der Waals surface area (Å²) in [4.78, 5) is 2.28. The lowest BCUT2D eigenvalue weighted by Crippen LogP contribution is -2.32. The first kappa shape index (κ1) is 34.1. The molecular formula is C55H38N2S. The lowest BCUT2D eigenvalue weighted by Gasteiger charge is -2.34. The molecular weight excluding hydrogens is 721 g/mol. The van der Waals surface area contributed by atoms with Crippen LogP contribution in [-0.4, -0.2) is 4.57 Å². The molecule has 1 aliphatic heterocycles. The monoisotopic (exact) mass is 758 g/mol. The number of fused-ring (bicyclic) bond motifs is 10. The number of hydrogen-bond acceptors (Lipinski definition) is 2. The minimum absolute atomic E-state index is 0.512. The van der Waals surface area contributed by atoms with Gasteiger partial charge in [0, 0.05) is 54.6 Å². The molecule has 2 aromatic heterocycles. The van der Waals surface area contributed by atoms with Crippen LogP contribution in [-0.2, 0) is 5.41 Å². The van der Waals surface area contributed by atoms with Gasteiger partial charge in [0.1, 0.15) is 0 Å². The molecule has 1 aliphatic carbocycles. The minimum atomic E-state index is -0.512. The van der Waals surface area contributed by atoms with E-state index in [-0.39, 0.29) is 0 Å². The van der Waals surface area contributed by atoms with Gasteiger partial charge in [-0.3, -0.25) is 0 Å². The van der Waals surface area contributed by atoms with Crippen molar-refractivity contribution in [1.82, 2.24) is 4.57 Å². The molecule has 0 unspecified atom stereocenters. The van der Waals surface area contributed by atoms with Crippen LogP contribution in [0.15, 0.2) is 219 Å². The average Bonchev–Trinajstić information content (AvgIpc) is 3.91. The Hall–Kier alpha value is -7.20. The summed E-state index contributed by atoms with van der Waals surface area (Å²) in [7, 11) is 0. The van der Waals surface area contributed by atoms with E-state index in [4.69, 9.17) is 0 Å². The average molecular weight is 759 g/mol. The minimum Gasteiger partial charge on any atom is -0.322 e. The van der Waals surface area contributed by atoms with Crippen molar-refractivity contribution in [3.63, 3.8) is 0 Å². The molecule has 0 spiro atoms. The van der Waals surface area contributed by atoms with Crippen LogP contribution in [0, 0.1) is 0 Å². The predicted octanol–water partition coefficient (Wildman–Crippen LogP) is 12.6. The smallest absolute Gasteiger partial charge is 0.0714 e. The van der Waals surface area contributed by atoms with Crippen molar-refractivity contribution in [2.75, 3.05) is 4.90 Å². The van der Waals surface area contributed by atoms with Crippen molar-refractivity contribution < 1.29 is 0 Å². The number of aromatic nitrogens is 1. The lowest BCUT2D eigenvalue weighted by molar-refractivity contribution is 0.768. The number of hydrogen-bond donors (Lipinski definition) is 0. The van der Waals surface area contributed by atoms with Crippen LogP contribution in [0.4, 0.5) is 5.69 Å².